The molecule has 24 heavy (non-hydrogen) atoms. The lowest BCUT2D eigenvalue weighted by Gasteiger charge is -2.28. The van der Waals surface area contributed by atoms with Gasteiger partial charge in [0, 0.05) is 11.7 Å². The van der Waals surface area contributed by atoms with Crippen LogP contribution < -0.4 is 10.6 Å². The standard InChI is InChI=1S/C19H29N3O2/c1-12-9-13(2)18(14(3)10-12)21-17(23)11-22(5,6)19(24)20-15(4)16-7-8-16/h9-10,15-16H,7-8,11H2,1-6H3,(H-,20,21,23,24)/p+1. The summed E-state index contributed by atoms with van der Waals surface area (Å²) in [5.41, 5.74) is 4.10. The maximum Gasteiger partial charge on any atom is 0.416 e. The summed E-state index contributed by atoms with van der Waals surface area (Å²) in [5, 5.41) is 6.01. The molecule has 0 aliphatic heterocycles. The van der Waals surface area contributed by atoms with Crippen LogP contribution in [0, 0.1) is 26.7 Å². The molecule has 1 atom stereocenters. The van der Waals surface area contributed by atoms with Gasteiger partial charge in [0.15, 0.2) is 6.54 Å². The van der Waals surface area contributed by atoms with Crippen LogP contribution in [0.3, 0.4) is 0 Å². The van der Waals surface area contributed by atoms with E-state index in [0.29, 0.717) is 5.92 Å². The summed E-state index contributed by atoms with van der Waals surface area (Å²) < 4.78 is -0.00709. The average molecular weight is 332 g/mol. The third-order valence-electron chi connectivity index (χ3n) is 4.71. The van der Waals surface area contributed by atoms with Crippen LogP contribution in [0.5, 0.6) is 0 Å². The predicted molar refractivity (Wildman–Crippen MR) is 97.0 cm³/mol. The highest BCUT2D eigenvalue weighted by Gasteiger charge is 2.35. The van der Waals surface area contributed by atoms with E-state index >= 15 is 0 Å². The van der Waals surface area contributed by atoms with Crippen molar-refractivity contribution in [2.75, 3.05) is 26.0 Å². The van der Waals surface area contributed by atoms with Crippen molar-refractivity contribution in [1.82, 2.24) is 5.32 Å². The molecule has 5 heteroatoms. The minimum atomic E-state index is -0.149. The maximum absolute atomic E-state index is 12.5. The summed E-state index contributed by atoms with van der Waals surface area (Å²) in [4.78, 5) is 24.9. The lowest BCUT2D eigenvalue weighted by Crippen LogP contribution is -2.56. The third kappa shape index (κ3) is 4.57. The molecule has 1 aliphatic rings. The average Bonchev–Trinajstić information content (AvgIpc) is 3.26. The molecular weight excluding hydrogens is 302 g/mol. The van der Waals surface area contributed by atoms with Crippen LogP contribution in [-0.2, 0) is 4.79 Å². The van der Waals surface area contributed by atoms with Gasteiger partial charge in [-0.15, -0.1) is 0 Å². The van der Waals surface area contributed by atoms with E-state index in [1.807, 2.05) is 39.8 Å². The zero-order valence-corrected chi connectivity index (χ0v) is 15.7. The Kier molecular flexibility index (Phi) is 5.33. The number of urea groups is 1. The fraction of sp³-hybridized carbons (Fsp3) is 0.579. The topological polar surface area (TPSA) is 58.2 Å². The molecule has 0 saturated heterocycles. The fourth-order valence-corrected chi connectivity index (χ4v) is 3.07. The van der Waals surface area contributed by atoms with Gasteiger partial charge in [-0.3, -0.25) is 4.79 Å². The van der Waals surface area contributed by atoms with E-state index in [4.69, 9.17) is 0 Å². The van der Waals surface area contributed by atoms with Crippen molar-refractivity contribution < 1.29 is 14.1 Å². The number of hydrogen-bond donors (Lipinski definition) is 2. The molecule has 5 nitrogen and oxygen atoms in total. The van der Waals surface area contributed by atoms with Crippen LogP contribution >= 0.6 is 0 Å². The number of quaternary nitrogens is 1. The Labute approximate surface area is 145 Å². The number of likely N-dealkylation sites (N-methyl/N-ethyl adjacent to an activating group) is 1. The van der Waals surface area contributed by atoms with E-state index in [1.54, 1.807) is 14.1 Å². The Morgan fingerprint density at radius 3 is 2.21 bits per heavy atom. The summed E-state index contributed by atoms with van der Waals surface area (Å²) >= 11 is 0. The Hall–Kier alpha value is -1.88. The lowest BCUT2D eigenvalue weighted by atomic mass is 10.1. The number of hydrogen-bond acceptors (Lipinski definition) is 2. The highest BCUT2D eigenvalue weighted by molar-refractivity contribution is 5.94. The molecular formula is C19H30N3O2+. The largest absolute Gasteiger partial charge is 0.416 e. The van der Waals surface area contributed by atoms with Gasteiger partial charge >= 0.3 is 6.03 Å². The van der Waals surface area contributed by atoms with Crippen molar-refractivity contribution in [3.8, 4) is 0 Å². The van der Waals surface area contributed by atoms with Crippen molar-refractivity contribution in [2.24, 2.45) is 5.92 Å². The van der Waals surface area contributed by atoms with Crippen molar-refractivity contribution in [1.29, 1.82) is 0 Å². The first-order valence-corrected chi connectivity index (χ1v) is 8.62. The first kappa shape index (κ1) is 18.5. The number of aryl methyl sites for hydroxylation is 3. The number of anilines is 1. The number of amides is 3. The summed E-state index contributed by atoms with van der Waals surface area (Å²) in [6, 6.07) is 4.17. The molecule has 0 heterocycles. The smallest absolute Gasteiger partial charge is 0.321 e. The van der Waals surface area contributed by atoms with Gasteiger partial charge in [0.1, 0.15) is 0 Å². The van der Waals surface area contributed by atoms with Gasteiger partial charge in [0.2, 0.25) is 0 Å². The van der Waals surface area contributed by atoms with Crippen LogP contribution in [0.15, 0.2) is 12.1 Å². The predicted octanol–water partition coefficient (Wildman–Crippen LogP) is 3.13. The summed E-state index contributed by atoms with van der Waals surface area (Å²) in [6.45, 7) is 8.15. The molecule has 1 aliphatic carbocycles. The fourth-order valence-electron chi connectivity index (χ4n) is 3.07. The summed E-state index contributed by atoms with van der Waals surface area (Å²) in [7, 11) is 3.53. The van der Waals surface area contributed by atoms with Crippen LogP contribution in [-0.4, -0.2) is 43.1 Å². The van der Waals surface area contributed by atoms with Crippen LogP contribution in [0.4, 0.5) is 10.5 Å². The van der Waals surface area contributed by atoms with E-state index in [2.05, 4.69) is 10.6 Å². The Bertz CT molecular complexity index is 625. The molecule has 0 aromatic heterocycles. The van der Waals surface area contributed by atoms with Crippen LogP contribution in [0.25, 0.3) is 0 Å². The number of rotatable bonds is 5. The third-order valence-corrected chi connectivity index (χ3v) is 4.71. The van der Waals surface area contributed by atoms with Gasteiger partial charge in [-0.2, -0.15) is 0 Å². The second-order valence-corrected chi connectivity index (χ2v) is 7.74. The van der Waals surface area contributed by atoms with Crippen molar-refractivity contribution in [3.05, 3.63) is 28.8 Å². The zero-order chi connectivity index (χ0) is 18.1. The van der Waals surface area contributed by atoms with Gasteiger partial charge in [-0.1, -0.05) is 17.7 Å². The number of nitrogens with one attached hydrogen (secondary N) is 2. The van der Waals surface area contributed by atoms with Crippen LogP contribution in [0.1, 0.15) is 36.5 Å². The monoisotopic (exact) mass is 332 g/mol. The molecule has 2 N–H and O–H groups in total. The molecule has 0 radical (unpaired) electrons. The highest BCUT2D eigenvalue weighted by Crippen LogP contribution is 2.32. The summed E-state index contributed by atoms with van der Waals surface area (Å²) in [5.74, 6) is 0.449. The normalized spacial score (nSPS) is 15.8. The van der Waals surface area contributed by atoms with Gasteiger partial charge in [-0.25, -0.2) is 9.28 Å². The second kappa shape index (κ2) is 6.93. The quantitative estimate of drug-likeness (QED) is 0.814. The van der Waals surface area contributed by atoms with Crippen molar-refractivity contribution in [3.63, 3.8) is 0 Å². The van der Waals surface area contributed by atoms with Crippen LogP contribution in [0.2, 0.25) is 0 Å². The van der Waals surface area contributed by atoms with Gasteiger partial charge in [0.25, 0.3) is 5.91 Å². The Morgan fingerprint density at radius 1 is 1.17 bits per heavy atom. The minimum Gasteiger partial charge on any atom is -0.321 e. The van der Waals surface area contributed by atoms with E-state index in [1.165, 1.54) is 18.4 Å². The number of nitrogens with zero attached hydrogens (tertiary/aromatic N) is 1. The first-order valence-electron chi connectivity index (χ1n) is 8.62. The van der Waals surface area contributed by atoms with Gasteiger partial charge < -0.3 is 10.6 Å². The number of carbonyl (C=O) groups is 2. The SMILES string of the molecule is Cc1cc(C)c(NC(=O)C[N+](C)(C)C(=O)NC(C)C2CC2)c(C)c1. The van der Waals surface area contributed by atoms with Gasteiger partial charge in [0.05, 0.1) is 14.1 Å². The maximum atomic E-state index is 12.5. The van der Waals surface area contributed by atoms with E-state index in [9.17, 15) is 9.59 Å². The molecule has 1 fully saturated rings. The Balaban J connectivity index is 1.98. The minimum absolute atomic E-state index is 0.00709. The molecule has 1 aromatic carbocycles. The lowest BCUT2D eigenvalue weighted by molar-refractivity contribution is -0.800. The molecule has 0 spiro atoms. The van der Waals surface area contributed by atoms with E-state index in [0.717, 1.165) is 16.8 Å². The first-order chi connectivity index (χ1) is 11.1. The molecule has 0 bridgehead atoms. The van der Waals surface area contributed by atoms with E-state index in [-0.39, 0.29) is 29.0 Å². The van der Waals surface area contributed by atoms with Crippen molar-refractivity contribution in [2.45, 2.75) is 46.6 Å². The molecule has 3 amide bonds. The van der Waals surface area contributed by atoms with E-state index < -0.39 is 0 Å². The number of benzene rings is 1. The van der Waals surface area contributed by atoms with Crippen molar-refractivity contribution >= 4 is 17.6 Å². The number of carbonyl (C=O) groups excluding carboxylic acids is 2. The zero-order valence-electron chi connectivity index (χ0n) is 15.7. The summed E-state index contributed by atoms with van der Waals surface area (Å²) in [6.07, 6.45) is 2.36. The Morgan fingerprint density at radius 2 is 1.71 bits per heavy atom. The highest BCUT2D eigenvalue weighted by atomic mass is 16.2. The molecule has 132 valence electrons. The molecule has 1 unspecified atom stereocenters. The van der Waals surface area contributed by atoms with Gasteiger partial charge in [-0.05, 0) is 57.6 Å². The second-order valence-electron chi connectivity index (χ2n) is 7.74. The molecule has 1 saturated carbocycles. The molecule has 2 rings (SSSR count). The molecule has 1 aromatic rings.